The lowest BCUT2D eigenvalue weighted by Gasteiger charge is -2.29. The van der Waals surface area contributed by atoms with Gasteiger partial charge in [0.05, 0.1) is 18.9 Å². The zero-order chi connectivity index (χ0) is 12.8. The lowest BCUT2D eigenvalue weighted by atomic mass is 10.3. The van der Waals surface area contributed by atoms with E-state index in [0.717, 1.165) is 18.8 Å². The van der Waals surface area contributed by atoms with E-state index < -0.39 is 0 Å². The molecule has 1 aliphatic rings. The summed E-state index contributed by atoms with van der Waals surface area (Å²) in [5, 5.41) is 2.78. The average molecular weight is 247 g/mol. The Bertz CT molecular complexity index is 425. The minimum absolute atomic E-state index is 0.115. The second kappa shape index (κ2) is 6.16. The highest BCUT2D eigenvalue weighted by atomic mass is 16.5. The van der Waals surface area contributed by atoms with E-state index in [1.807, 2.05) is 35.2 Å². The van der Waals surface area contributed by atoms with Crippen molar-refractivity contribution >= 4 is 17.6 Å². The maximum Gasteiger partial charge on any atom is 0.223 e. The van der Waals surface area contributed by atoms with Crippen molar-refractivity contribution in [2.45, 2.75) is 6.92 Å². The number of hydrogen-bond donors (Lipinski definition) is 1. The molecule has 1 aliphatic heterocycles. The molecule has 5 heteroatoms. The van der Waals surface area contributed by atoms with Crippen LogP contribution in [0.5, 0.6) is 0 Å². The van der Waals surface area contributed by atoms with Gasteiger partial charge in [-0.2, -0.15) is 0 Å². The molecule has 0 aromatic heterocycles. The molecule has 18 heavy (non-hydrogen) atoms. The number of hydrogen-bond acceptors (Lipinski definition) is 3. The average Bonchev–Trinajstić information content (AvgIpc) is 2.40. The van der Waals surface area contributed by atoms with Gasteiger partial charge in [0, 0.05) is 20.0 Å². The van der Waals surface area contributed by atoms with Crippen molar-refractivity contribution < 1.29 is 9.53 Å². The number of guanidine groups is 1. The van der Waals surface area contributed by atoms with Crippen LogP contribution in [0.15, 0.2) is 35.3 Å². The van der Waals surface area contributed by atoms with Gasteiger partial charge in [-0.05, 0) is 12.1 Å². The fraction of sp³-hybridized carbons (Fsp3) is 0.385. The third-order valence-corrected chi connectivity index (χ3v) is 2.59. The molecule has 5 nitrogen and oxygen atoms in total. The number of nitrogens with one attached hydrogen (secondary N) is 1. The lowest BCUT2D eigenvalue weighted by molar-refractivity contribution is -0.117. The summed E-state index contributed by atoms with van der Waals surface area (Å²) in [6, 6.07) is 9.59. The predicted molar refractivity (Wildman–Crippen MR) is 69.7 cm³/mol. The smallest absolute Gasteiger partial charge is 0.223 e. The van der Waals surface area contributed by atoms with Crippen LogP contribution in [0, 0.1) is 0 Å². The third-order valence-electron chi connectivity index (χ3n) is 2.59. The van der Waals surface area contributed by atoms with Crippen LogP contribution in [0.1, 0.15) is 6.92 Å². The van der Waals surface area contributed by atoms with Crippen LogP contribution in [0.25, 0.3) is 0 Å². The number of carbonyl (C=O) groups is 1. The van der Waals surface area contributed by atoms with Gasteiger partial charge in [-0.15, -0.1) is 0 Å². The van der Waals surface area contributed by atoms with Crippen LogP contribution in [-0.2, 0) is 9.53 Å². The Morgan fingerprint density at radius 3 is 2.56 bits per heavy atom. The van der Waals surface area contributed by atoms with Crippen LogP contribution in [-0.4, -0.2) is 43.1 Å². The number of amides is 1. The summed E-state index contributed by atoms with van der Waals surface area (Å²) in [4.78, 5) is 17.7. The minimum atomic E-state index is -0.115. The first-order chi connectivity index (χ1) is 8.75. The van der Waals surface area contributed by atoms with E-state index in [4.69, 9.17) is 4.74 Å². The molecule has 1 saturated heterocycles. The molecule has 0 radical (unpaired) electrons. The van der Waals surface area contributed by atoms with Crippen molar-refractivity contribution in [1.29, 1.82) is 0 Å². The molecular formula is C13H17N3O2. The quantitative estimate of drug-likeness (QED) is 0.598. The molecule has 1 aromatic carbocycles. The van der Waals surface area contributed by atoms with Gasteiger partial charge in [0.25, 0.3) is 0 Å². The second-order valence-corrected chi connectivity index (χ2v) is 4.05. The number of ether oxygens (including phenoxy) is 1. The SMILES string of the molecule is CC(=O)N/C(=N\c1ccccc1)N1CCOCC1. The molecule has 0 bridgehead atoms. The van der Waals surface area contributed by atoms with E-state index in [2.05, 4.69) is 10.3 Å². The number of benzene rings is 1. The highest BCUT2D eigenvalue weighted by molar-refractivity contribution is 5.97. The molecule has 1 amide bonds. The molecule has 1 fully saturated rings. The summed E-state index contributed by atoms with van der Waals surface area (Å²) in [5.74, 6) is 0.480. The van der Waals surface area contributed by atoms with Gasteiger partial charge in [-0.25, -0.2) is 4.99 Å². The Balaban J connectivity index is 2.18. The Morgan fingerprint density at radius 1 is 1.28 bits per heavy atom. The molecule has 0 aliphatic carbocycles. The van der Waals surface area contributed by atoms with Gasteiger partial charge in [0.1, 0.15) is 0 Å². The van der Waals surface area contributed by atoms with E-state index in [0.29, 0.717) is 19.2 Å². The second-order valence-electron chi connectivity index (χ2n) is 4.05. The van der Waals surface area contributed by atoms with Gasteiger partial charge in [-0.3, -0.25) is 10.1 Å². The van der Waals surface area contributed by atoms with Gasteiger partial charge in [-0.1, -0.05) is 18.2 Å². The van der Waals surface area contributed by atoms with Gasteiger partial charge >= 0.3 is 0 Å². The number of rotatable bonds is 1. The standard InChI is InChI=1S/C13H17N3O2/c1-11(17)14-13(16-7-9-18-10-8-16)15-12-5-3-2-4-6-12/h2-6H,7-10H2,1H3,(H,14,15,17). The fourth-order valence-electron chi connectivity index (χ4n) is 1.74. The normalized spacial score (nSPS) is 16.5. The number of para-hydroxylation sites is 1. The van der Waals surface area contributed by atoms with Crippen LogP contribution >= 0.6 is 0 Å². The highest BCUT2D eigenvalue weighted by Gasteiger charge is 2.16. The molecule has 0 unspecified atom stereocenters. The molecule has 1 heterocycles. The topological polar surface area (TPSA) is 53.9 Å². The van der Waals surface area contributed by atoms with Crippen molar-refractivity contribution in [3.63, 3.8) is 0 Å². The van der Waals surface area contributed by atoms with Crippen molar-refractivity contribution in [3.8, 4) is 0 Å². The molecule has 0 saturated carbocycles. The van der Waals surface area contributed by atoms with E-state index >= 15 is 0 Å². The van der Waals surface area contributed by atoms with Crippen molar-refractivity contribution in [2.75, 3.05) is 26.3 Å². The Morgan fingerprint density at radius 2 is 1.94 bits per heavy atom. The first-order valence-electron chi connectivity index (χ1n) is 6.00. The van der Waals surface area contributed by atoms with E-state index in [1.54, 1.807) is 0 Å². The monoisotopic (exact) mass is 247 g/mol. The van der Waals surface area contributed by atoms with E-state index in [9.17, 15) is 4.79 Å². The zero-order valence-corrected chi connectivity index (χ0v) is 10.4. The third kappa shape index (κ3) is 3.56. The van der Waals surface area contributed by atoms with Gasteiger partial charge in [0.15, 0.2) is 0 Å². The molecule has 0 spiro atoms. The fourth-order valence-corrected chi connectivity index (χ4v) is 1.74. The van der Waals surface area contributed by atoms with Gasteiger partial charge < -0.3 is 9.64 Å². The molecular weight excluding hydrogens is 230 g/mol. The maximum atomic E-state index is 11.2. The predicted octanol–water partition coefficient (Wildman–Crippen LogP) is 1.14. The Hall–Kier alpha value is -1.88. The Kier molecular flexibility index (Phi) is 4.30. The lowest BCUT2D eigenvalue weighted by Crippen LogP contribution is -2.48. The molecule has 96 valence electrons. The van der Waals surface area contributed by atoms with Crippen LogP contribution in [0.3, 0.4) is 0 Å². The van der Waals surface area contributed by atoms with Gasteiger partial charge in [0.2, 0.25) is 11.9 Å². The van der Waals surface area contributed by atoms with E-state index in [-0.39, 0.29) is 5.91 Å². The highest BCUT2D eigenvalue weighted by Crippen LogP contribution is 2.11. The van der Waals surface area contributed by atoms with Crippen LogP contribution < -0.4 is 5.32 Å². The van der Waals surface area contributed by atoms with E-state index in [1.165, 1.54) is 6.92 Å². The largest absolute Gasteiger partial charge is 0.378 e. The molecule has 0 atom stereocenters. The summed E-state index contributed by atoms with van der Waals surface area (Å²) in [7, 11) is 0. The number of nitrogens with zero attached hydrogens (tertiary/aromatic N) is 2. The first-order valence-corrected chi connectivity index (χ1v) is 6.00. The zero-order valence-electron chi connectivity index (χ0n) is 10.4. The summed E-state index contributed by atoms with van der Waals surface area (Å²) in [6.45, 7) is 4.29. The summed E-state index contributed by atoms with van der Waals surface area (Å²) >= 11 is 0. The molecule has 1 N–H and O–H groups in total. The minimum Gasteiger partial charge on any atom is -0.378 e. The summed E-state index contributed by atoms with van der Waals surface area (Å²) in [5.41, 5.74) is 0.827. The number of morpholine rings is 1. The number of carbonyl (C=O) groups excluding carboxylic acids is 1. The first kappa shape index (κ1) is 12.6. The molecule has 1 aromatic rings. The maximum absolute atomic E-state index is 11.2. The van der Waals surface area contributed by atoms with Crippen LogP contribution in [0.4, 0.5) is 5.69 Å². The van der Waals surface area contributed by atoms with Crippen molar-refractivity contribution in [3.05, 3.63) is 30.3 Å². The number of aliphatic imine (C=N–C) groups is 1. The van der Waals surface area contributed by atoms with Crippen molar-refractivity contribution in [2.24, 2.45) is 4.99 Å². The van der Waals surface area contributed by atoms with Crippen LogP contribution in [0.2, 0.25) is 0 Å². The van der Waals surface area contributed by atoms with Crippen molar-refractivity contribution in [1.82, 2.24) is 10.2 Å². The Labute approximate surface area is 106 Å². The molecule has 2 rings (SSSR count). The summed E-state index contributed by atoms with van der Waals surface area (Å²) in [6.07, 6.45) is 0. The summed E-state index contributed by atoms with van der Waals surface area (Å²) < 4.78 is 5.30.